The van der Waals surface area contributed by atoms with Crippen LogP contribution in [0.5, 0.6) is 0 Å². The second-order valence-electron chi connectivity index (χ2n) is 5.99. The van der Waals surface area contributed by atoms with Crippen molar-refractivity contribution in [2.75, 3.05) is 0 Å². The minimum Gasteiger partial charge on any atom is -0.241 e. The van der Waals surface area contributed by atoms with Crippen LogP contribution < -0.4 is 0 Å². The maximum Gasteiger partial charge on any atom is 0.130 e. The molecule has 2 heteroatoms. The first-order valence-electron chi connectivity index (χ1n) is 6.50. The molecule has 1 aromatic rings. The van der Waals surface area contributed by atoms with Gasteiger partial charge in [0.15, 0.2) is 0 Å². The molecule has 2 saturated carbocycles. The van der Waals surface area contributed by atoms with E-state index in [-0.39, 0.29) is 0 Å². The van der Waals surface area contributed by atoms with Crippen LogP contribution in [0.1, 0.15) is 69.2 Å². The summed E-state index contributed by atoms with van der Waals surface area (Å²) in [5.41, 5.74) is 2.11. The predicted molar refractivity (Wildman–Crippen MR) is 64.4 cm³/mol. The molecule has 0 amide bonds. The molecular formula is C14H20N2. The van der Waals surface area contributed by atoms with Crippen LogP contribution >= 0.6 is 0 Å². The summed E-state index contributed by atoms with van der Waals surface area (Å²) in [6, 6.07) is 0. The van der Waals surface area contributed by atoms with Crippen molar-refractivity contribution >= 4 is 0 Å². The van der Waals surface area contributed by atoms with Crippen LogP contribution in [0.2, 0.25) is 0 Å². The monoisotopic (exact) mass is 216 g/mol. The number of nitrogens with zero attached hydrogens (tertiary/aromatic N) is 2. The smallest absolute Gasteiger partial charge is 0.130 e. The summed E-state index contributed by atoms with van der Waals surface area (Å²) in [7, 11) is 0. The molecule has 2 nitrogen and oxygen atoms in total. The summed E-state index contributed by atoms with van der Waals surface area (Å²) in [6.07, 6.45) is 11.3. The van der Waals surface area contributed by atoms with Gasteiger partial charge in [0, 0.05) is 18.3 Å². The van der Waals surface area contributed by atoms with Gasteiger partial charge >= 0.3 is 0 Å². The van der Waals surface area contributed by atoms with Crippen molar-refractivity contribution in [3.8, 4) is 0 Å². The van der Waals surface area contributed by atoms with E-state index < -0.39 is 0 Å². The molecule has 2 aliphatic carbocycles. The molecule has 16 heavy (non-hydrogen) atoms. The third-order valence-electron chi connectivity index (χ3n) is 4.45. The molecule has 0 radical (unpaired) electrons. The average Bonchev–Trinajstić information content (AvgIpc) is 2.14. The fraction of sp³-hybridized carbons (Fsp3) is 0.714. The molecule has 0 atom stereocenters. The van der Waals surface area contributed by atoms with Gasteiger partial charge in [-0.3, -0.25) is 0 Å². The van der Waals surface area contributed by atoms with E-state index in [1.165, 1.54) is 37.7 Å². The Balaban J connectivity index is 1.67. The molecule has 1 aromatic heterocycles. The Hall–Kier alpha value is -0.920. The standard InChI is InChI=1S/C14H20N2/c1-10(2)13-15-8-12(9-16-13)11-6-14(7-11)4-3-5-14/h8-11H,3-7H2,1-2H3. The Morgan fingerprint density at radius 1 is 1.19 bits per heavy atom. The summed E-state index contributed by atoms with van der Waals surface area (Å²) in [5.74, 6) is 2.16. The normalized spacial score (nSPS) is 23.2. The van der Waals surface area contributed by atoms with Gasteiger partial charge in [-0.2, -0.15) is 0 Å². The van der Waals surface area contributed by atoms with E-state index in [2.05, 4.69) is 36.2 Å². The van der Waals surface area contributed by atoms with Crippen molar-refractivity contribution in [2.24, 2.45) is 5.41 Å². The summed E-state index contributed by atoms with van der Waals surface area (Å²) >= 11 is 0. The topological polar surface area (TPSA) is 25.8 Å². The molecule has 1 heterocycles. The Morgan fingerprint density at radius 3 is 2.25 bits per heavy atom. The van der Waals surface area contributed by atoms with Gasteiger partial charge in [-0.1, -0.05) is 20.3 Å². The van der Waals surface area contributed by atoms with Gasteiger partial charge in [-0.25, -0.2) is 9.97 Å². The fourth-order valence-corrected chi connectivity index (χ4v) is 3.16. The zero-order chi connectivity index (χ0) is 11.2. The van der Waals surface area contributed by atoms with Crippen LogP contribution in [-0.4, -0.2) is 9.97 Å². The molecule has 0 saturated heterocycles. The third-order valence-corrected chi connectivity index (χ3v) is 4.45. The highest BCUT2D eigenvalue weighted by molar-refractivity contribution is 5.20. The average molecular weight is 216 g/mol. The lowest BCUT2D eigenvalue weighted by atomic mass is 9.51. The predicted octanol–water partition coefficient (Wildman–Crippen LogP) is 3.65. The largest absolute Gasteiger partial charge is 0.241 e. The summed E-state index contributed by atoms with van der Waals surface area (Å²) in [5, 5.41) is 0. The van der Waals surface area contributed by atoms with E-state index >= 15 is 0 Å². The van der Waals surface area contributed by atoms with Crippen LogP contribution in [-0.2, 0) is 0 Å². The lowest BCUT2D eigenvalue weighted by Gasteiger charge is -2.54. The second-order valence-corrected chi connectivity index (χ2v) is 5.99. The molecule has 2 aliphatic rings. The van der Waals surface area contributed by atoms with Gasteiger partial charge in [0.1, 0.15) is 5.82 Å². The second kappa shape index (κ2) is 3.54. The SMILES string of the molecule is CC(C)c1ncc(C2CC3(CCC3)C2)cn1. The molecule has 3 rings (SSSR count). The zero-order valence-electron chi connectivity index (χ0n) is 10.2. The van der Waals surface area contributed by atoms with E-state index in [1.54, 1.807) is 0 Å². The van der Waals surface area contributed by atoms with Gasteiger partial charge in [0.25, 0.3) is 0 Å². The summed E-state index contributed by atoms with van der Waals surface area (Å²) in [6.45, 7) is 4.28. The Kier molecular flexibility index (Phi) is 2.27. The van der Waals surface area contributed by atoms with Crippen molar-refractivity contribution < 1.29 is 0 Å². The highest BCUT2D eigenvalue weighted by Crippen LogP contribution is 2.61. The van der Waals surface area contributed by atoms with Crippen molar-refractivity contribution in [1.82, 2.24) is 9.97 Å². The maximum atomic E-state index is 4.46. The fourth-order valence-electron chi connectivity index (χ4n) is 3.16. The summed E-state index contributed by atoms with van der Waals surface area (Å²) < 4.78 is 0. The Bertz CT molecular complexity index is 368. The zero-order valence-corrected chi connectivity index (χ0v) is 10.2. The molecule has 1 spiro atoms. The van der Waals surface area contributed by atoms with Crippen LogP contribution in [0.15, 0.2) is 12.4 Å². The van der Waals surface area contributed by atoms with Gasteiger partial charge in [0.2, 0.25) is 0 Å². The number of hydrogen-bond donors (Lipinski definition) is 0. The molecule has 0 N–H and O–H groups in total. The minimum absolute atomic E-state index is 0.438. The van der Waals surface area contributed by atoms with Crippen LogP contribution in [0.4, 0.5) is 0 Å². The first-order chi connectivity index (χ1) is 7.69. The van der Waals surface area contributed by atoms with Crippen molar-refractivity contribution in [1.29, 1.82) is 0 Å². The number of aromatic nitrogens is 2. The summed E-state index contributed by atoms with van der Waals surface area (Å²) in [4.78, 5) is 8.92. The van der Waals surface area contributed by atoms with Gasteiger partial charge < -0.3 is 0 Å². The molecular weight excluding hydrogens is 196 g/mol. The number of hydrogen-bond acceptors (Lipinski definition) is 2. The highest BCUT2D eigenvalue weighted by atomic mass is 14.9. The van der Waals surface area contributed by atoms with Gasteiger partial charge in [-0.15, -0.1) is 0 Å². The third kappa shape index (κ3) is 1.55. The van der Waals surface area contributed by atoms with E-state index in [0.29, 0.717) is 5.92 Å². The lowest BCUT2D eigenvalue weighted by Crippen LogP contribution is -2.41. The van der Waals surface area contributed by atoms with Crippen molar-refractivity contribution in [3.05, 3.63) is 23.8 Å². The number of rotatable bonds is 2. The van der Waals surface area contributed by atoms with E-state index in [0.717, 1.165) is 17.2 Å². The molecule has 0 bridgehead atoms. The maximum absolute atomic E-state index is 4.46. The molecule has 2 fully saturated rings. The van der Waals surface area contributed by atoms with E-state index in [9.17, 15) is 0 Å². The molecule has 0 aliphatic heterocycles. The Morgan fingerprint density at radius 2 is 1.81 bits per heavy atom. The highest BCUT2D eigenvalue weighted by Gasteiger charge is 2.48. The van der Waals surface area contributed by atoms with Crippen molar-refractivity contribution in [3.63, 3.8) is 0 Å². The van der Waals surface area contributed by atoms with Gasteiger partial charge in [0.05, 0.1) is 0 Å². The van der Waals surface area contributed by atoms with E-state index in [1.807, 2.05) is 0 Å². The molecule has 0 unspecified atom stereocenters. The first-order valence-corrected chi connectivity index (χ1v) is 6.50. The van der Waals surface area contributed by atoms with Crippen molar-refractivity contribution in [2.45, 2.75) is 57.8 Å². The van der Waals surface area contributed by atoms with Crippen LogP contribution in [0.25, 0.3) is 0 Å². The molecule has 0 aromatic carbocycles. The van der Waals surface area contributed by atoms with Crippen LogP contribution in [0, 0.1) is 5.41 Å². The Labute approximate surface area is 97.5 Å². The molecule has 86 valence electrons. The quantitative estimate of drug-likeness (QED) is 0.754. The van der Waals surface area contributed by atoms with Gasteiger partial charge in [-0.05, 0) is 42.6 Å². The van der Waals surface area contributed by atoms with Crippen LogP contribution in [0.3, 0.4) is 0 Å². The van der Waals surface area contributed by atoms with E-state index in [4.69, 9.17) is 0 Å². The first kappa shape index (κ1) is 10.2. The lowest BCUT2D eigenvalue weighted by molar-refractivity contribution is 0.00877. The minimum atomic E-state index is 0.438.